The number of alkyl halides is 5. The summed E-state index contributed by atoms with van der Waals surface area (Å²) in [5.41, 5.74) is -4.25. The van der Waals surface area contributed by atoms with Crippen LogP contribution >= 0.6 is 0 Å². The quantitative estimate of drug-likeness (QED) is 0.607. The van der Waals surface area contributed by atoms with Crippen molar-refractivity contribution in [3.05, 3.63) is 41.4 Å². The topological polar surface area (TPSA) is 88.3 Å². The molecule has 3 aromatic rings. The highest BCUT2D eigenvalue weighted by molar-refractivity contribution is 6.03. The van der Waals surface area contributed by atoms with Gasteiger partial charge in [0.15, 0.2) is 5.65 Å². The molecule has 0 unspecified atom stereocenters. The van der Waals surface area contributed by atoms with Crippen LogP contribution in [0.5, 0.6) is 0 Å². The van der Waals surface area contributed by atoms with Crippen LogP contribution in [-0.4, -0.2) is 43.5 Å². The van der Waals surface area contributed by atoms with Crippen molar-refractivity contribution in [3.8, 4) is 0 Å². The van der Waals surface area contributed by atoms with Crippen molar-refractivity contribution < 1.29 is 31.1 Å². The average molecular weight is 445 g/mol. The van der Waals surface area contributed by atoms with Crippen LogP contribution in [0, 0.1) is 12.9 Å². The zero-order valence-electron chi connectivity index (χ0n) is 15.9. The van der Waals surface area contributed by atoms with Crippen LogP contribution in [0.1, 0.15) is 30.4 Å². The van der Waals surface area contributed by atoms with Gasteiger partial charge >= 0.3 is 12.2 Å². The molecule has 0 aliphatic carbocycles. The Hall–Kier alpha value is -3.45. The number of carbonyl (C=O) groups is 1. The minimum Gasteiger partial charge on any atom is -0.306 e. The molecule has 1 atom stereocenters. The maximum atomic E-state index is 14.0. The summed E-state index contributed by atoms with van der Waals surface area (Å²) in [5, 5.41) is 12.6. The highest BCUT2D eigenvalue weighted by atomic mass is 19.4. The summed E-state index contributed by atoms with van der Waals surface area (Å²) in [4.78, 5) is 17.5. The molecule has 0 saturated heterocycles. The first-order valence-electron chi connectivity index (χ1n) is 8.75. The SMILES string of the molecule is Cc1nnc(C(F)F)cc1NC(=O)N1C[C@@](C)(C(F)(F)F)c2c1cnc1cc(F)nn21. The Balaban J connectivity index is 1.79. The lowest BCUT2D eigenvalue weighted by molar-refractivity contribution is -0.181. The van der Waals surface area contributed by atoms with Crippen LogP contribution in [0.3, 0.4) is 0 Å². The van der Waals surface area contributed by atoms with Crippen molar-refractivity contribution in [2.24, 2.45) is 0 Å². The predicted octanol–water partition coefficient (Wildman–Crippen LogP) is 3.78. The van der Waals surface area contributed by atoms with Crippen LogP contribution in [0.25, 0.3) is 5.65 Å². The Morgan fingerprint density at radius 1 is 1.26 bits per heavy atom. The minimum atomic E-state index is -4.83. The molecule has 1 aliphatic heterocycles. The van der Waals surface area contributed by atoms with Gasteiger partial charge in [-0.25, -0.2) is 23.1 Å². The molecule has 4 heterocycles. The van der Waals surface area contributed by atoms with Gasteiger partial charge in [0, 0.05) is 12.6 Å². The fraction of sp³-hybridized carbons (Fsp3) is 0.353. The Bertz CT molecular complexity index is 1190. The van der Waals surface area contributed by atoms with E-state index in [4.69, 9.17) is 0 Å². The lowest BCUT2D eigenvalue weighted by Crippen LogP contribution is -2.46. The zero-order chi connectivity index (χ0) is 22.7. The number of anilines is 2. The summed E-state index contributed by atoms with van der Waals surface area (Å²) in [6, 6.07) is 0.701. The van der Waals surface area contributed by atoms with E-state index in [-0.39, 0.29) is 22.7 Å². The molecule has 1 N–H and O–H groups in total. The molecular formula is C17H13F6N7O. The van der Waals surface area contributed by atoms with E-state index in [0.717, 1.165) is 30.2 Å². The smallest absolute Gasteiger partial charge is 0.306 e. The summed E-state index contributed by atoms with van der Waals surface area (Å²) < 4.78 is 82.2. The van der Waals surface area contributed by atoms with E-state index in [9.17, 15) is 31.1 Å². The lowest BCUT2D eigenvalue weighted by Gasteiger charge is -2.28. The van der Waals surface area contributed by atoms with Crippen molar-refractivity contribution >= 4 is 23.1 Å². The molecule has 4 rings (SSSR count). The average Bonchev–Trinajstić information content (AvgIpc) is 3.20. The second-order valence-corrected chi connectivity index (χ2v) is 7.14. The molecule has 14 heteroatoms. The maximum absolute atomic E-state index is 14.0. The summed E-state index contributed by atoms with van der Waals surface area (Å²) >= 11 is 0. The minimum absolute atomic E-state index is 0.0819. The number of hydrogen-bond donors (Lipinski definition) is 1. The van der Waals surface area contributed by atoms with Gasteiger partial charge in [0.2, 0.25) is 5.95 Å². The molecule has 0 saturated carbocycles. The molecule has 164 valence electrons. The van der Waals surface area contributed by atoms with Gasteiger partial charge in [-0.3, -0.25) is 4.90 Å². The highest BCUT2D eigenvalue weighted by Crippen LogP contribution is 2.49. The van der Waals surface area contributed by atoms with Gasteiger partial charge < -0.3 is 5.32 Å². The van der Waals surface area contributed by atoms with E-state index in [1.807, 2.05) is 0 Å². The fourth-order valence-corrected chi connectivity index (χ4v) is 3.38. The highest BCUT2D eigenvalue weighted by Gasteiger charge is 2.60. The van der Waals surface area contributed by atoms with Gasteiger partial charge in [0.1, 0.15) is 11.1 Å². The largest absolute Gasteiger partial charge is 0.401 e. The van der Waals surface area contributed by atoms with E-state index in [1.54, 1.807) is 0 Å². The van der Waals surface area contributed by atoms with Crippen molar-refractivity contribution in [3.63, 3.8) is 0 Å². The molecule has 2 amide bonds. The number of urea groups is 1. The van der Waals surface area contributed by atoms with Gasteiger partial charge in [0.05, 0.1) is 29.0 Å². The fourth-order valence-electron chi connectivity index (χ4n) is 3.38. The standard InChI is InChI=1S/C17H13F6N7O/c1-7-8(3-9(14(19)20)27-26-7)25-15(31)29-6-16(2,17(21,22)23)13-10(29)5-24-12-4-11(18)28-30(12)13/h3-5,14H,6H2,1-2H3,(H,25,27,31)/t16-/m1/s1. The number of halogens is 6. The molecule has 1 aliphatic rings. The summed E-state index contributed by atoms with van der Waals surface area (Å²) in [6.07, 6.45) is -6.79. The molecule has 3 aromatic heterocycles. The maximum Gasteiger partial charge on any atom is 0.401 e. The van der Waals surface area contributed by atoms with Crippen molar-refractivity contribution in [1.29, 1.82) is 0 Å². The van der Waals surface area contributed by atoms with Gasteiger partial charge in [-0.05, 0) is 19.9 Å². The number of fused-ring (bicyclic) bond motifs is 3. The lowest BCUT2D eigenvalue weighted by atomic mass is 9.88. The molecule has 0 fully saturated rings. The van der Waals surface area contributed by atoms with E-state index >= 15 is 0 Å². The van der Waals surface area contributed by atoms with E-state index < -0.39 is 47.9 Å². The summed E-state index contributed by atoms with van der Waals surface area (Å²) in [6.45, 7) is 1.37. The monoisotopic (exact) mass is 445 g/mol. The predicted molar refractivity (Wildman–Crippen MR) is 94.4 cm³/mol. The van der Waals surface area contributed by atoms with Crippen LogP contribution in [-0.2, 0) is 5.41 Å². The zero-order valence-corrected chi connectivity index (χ0v) is 15.9. The van der Waals surface area contributed by atoms with Gasteiger partial charge in [0.25, 0.3) is 6.43 Å². The number of aromatic nitrogens is 5. The number of carbonyl (C=O) groups excluding carboxylic acids is 1. The molecular weight excluding hydrogens is 432 g/mol. The number of aryl methyl sites for hydroxylation is 1. The molecule has 0 bridgehead atoms. The van der Waals surface area contributed by atoms with Crippen LogP contribution in [0.15, 0.2) is 18.3 Å². The molecule has 0 radical (unpaired) electrons. The van der Waals surface area contributed by atoms with Crippen LogP contribution < -0.4 is 10.2 Å². The summed E-state index contributed by atoms with van der Waals surface area (Å²) in [5.74, 6) is -1.04. The molecule has 31 heavy (non-hydrogen) atoms. The molecule has 8 nitrogen and oxygen atoms in total. The number of amides is 2. The normalized spacial score (nSPS) is 18.7. The van der Waals surface area contributed by atoms with E-state index in [0.29, 0.717) is 4.52 Å². The Morgan fingerprint density at radius 3 is 2.61 bits per heavy atom. The Morgan fingerprint density at radius 2 is 1.97 bits per heavy atom. The first-order chi connectivity index (χ1) is 14.4. The Labute approximate surface area is 169 Å². The summed E-state index contributed by atoms with van der Waals surface area (Å²) in [7, 11) is 0. The van der Waals surface area contributed by atoms with E-state index in [1.165, 1.54) is 6.92 Å². The number of nitrogens with zero attached hydrogens (tertiary/aromatic N) is 6. The van der Waals surface area contributed by atoms with Gasteiger partial charge in [-0.15, -0.1) is 10.2 Å². The second kappa shape index (κ2) is 6.78. The number of rotatable bonds is 2. The third kappa shape index (κ3) is 3.21. The van der Waals surface area contributed by atoms with Crippen molar-refractivity contribution in [2.45, 2.75) is 31.9 Å². The van der Waals surface area contributed by atoms with Gasteiger partial charge in [-0.1, -0.05) is 0 Å². The Kier molecular flexibility index (Phi) is 4.55. The third-order valence-electron chi connectivity index (χ3n) is 5.06. The second-order valence-electron chi connectivity index (χ2n) is 7.14. The van der Waals surface area contributed by atoms with Crippen LogP contribution in [0.2, 0.25) is 0 Å². The van der Waals surface area contributed by atoms with Crippen LogP contribution in [0.4, 0.5) is 42.5 Å². The first-order valence-corrected chi connectivity index (χ1v) is 8.75. The molecule has 0 aromatic carbocycles. The molecule has 0 spiro atoms. The number of hydrogen-bond acceptors (Lipinski definition) is 5. The van der Waals surface area contributed by atoms with Gasteiger partial charge in [-0.2, -0.15) is 22.7 Å². The third-order valence-corrected chi connectivity index (χ3v) is 5.06. The van der Waals surface area contributed by atoms with Crippen molar-refractivity contribution in [2.75, 3.05) is 16.8 Å². The van der Waals surface area contributed by atoms with Crippen molar-refractivity contribution in [1.82, 2.24) is 24.8 Å². The van der Waals surface area contributed by atoms with E-state index in [2.05, 4.69) is 25.6 Å². The number of nitrogens with one attached hydrogen (secondary N) is 1. The first kappa shape index (κ1) is 20.8.